The highest BCUT2D eigenvalue weighted by Crippen LogP contribution is 2.33. The van der Waals surface area contributed by atoms with Crippen molar-refractivity contribution in [3.63, 3.8) is 0 Å². The summed E-state index contributed by atoms with van der Waals surface area (Å²) in [6.45, 7) is 6.38. The largest absolute Gasteiger partial charge is 0.462 e. The average molecular weight is 343 g/mol. The van der Waals surface area contributed by atoms with E-state index < -0.39 is 0 Å². The monoisotopic (exact) mass is 343 g/mol. The number of carbonyl (C=O) groups is 1. The molecule has 0 aliphatic rings. The topological polar surface area (TPSA) is 89.9 Å². The van der Waals surface area contributed by atoms with Crippen LogP contribution in [0.2, 0.25) is 0 Å². The van der Waals surface area contributed by atoms with Crippen LogP contribution in [0.4, 0.5) is 5.82 Å². The second-order valence-corrected chi connectivity index (χ2v) is 6.13. The molecule has 0 spiro atoms. The molecule has 0 atom stereocenters. The minimum absolute atomic E-state index is 0.324. The molecule has 7 nitrogen and oxygen atoms in total. The number of carbonyl (C=O) groups excluding carboxylic acids is 1. The van der Waals surface area contributed by atoms with Gasteiger partial charge in [-0.1, -0.05) is 0 Å². The molecular weight excluding hydrogens is 326 g/mol. The highest BCUT2D eigenvalue weighted by atomic mass is 32.1. The normalized spacial score (nSPS) is 10.8. The molecule has 3 heterocycles. The number of nitrogens with one attached hydrogen (secondary N) is 1. The molecule has 0 aliphatic heterocycles. The molecule has 0 radical (unpaired) electrons. The van der Waals surface area contributed by atoms with E-state index >= 15 is 0 Å². The number of hydrogen-bond donors (Lipinski definition) is 1. The molecule has 0 saturated carbocycles. The zero-order chi connectivity index (χ0) is 17.1. The van der Waals surface area contributed by atoms with Gasteiger partial charge >= 0.3 is 5.97 Å². The van der Waals surface area contributed by atoms with Gasteiger partial charge in [0.15, 0.2) is 0 Å². The van der Waals surface area contributed by atoms with Crippen molar-refractivity contribution in [2.45, 2.75) is 27.3 Å². The molecule has 1 N–H and O–H groups in total. The summed E-state index contributed by atoms with van der Waals surface area (Å²) in [4.78, 5) is 30.4. The molecule has 3 aromatic heterocycles. The highest BCUT2D eigenvalue weighted by Gasteiger charge is 2.20. The van der Waals surface area contributed by atoms with Crippen molar-refractivity contribution in [1.29, 1.82) is 0 Å². The smallest absolute Gasteiger partial charge is 0.348 e. The van der Waals surface area contributed by atoms with Gasteiger partial charge in [-0.2, -0.15) is 0 Å². The Bertz CT molecular complexity index is 893. The van der Waals surface area contributed by atoms with E-state index in [9.17, 15) is 4.79 Å². The molecule has 124 valence electrons. The lowest BCUT2D eigenvalue weighted by molar-refractivity contribution is 0.0531. The van der Waals surface area contributed by atoms with Crippen LogP contribution < -0.4 is 5.32 Å². The number of aromatic nitrogens is 4. The Kier molecular flexibility index (Phi) is 4.66. The van der Waals surface area contributed by atoms with E-state index in [1.165, 1.54) is 17.7 Å². The van der Waals surface area contributed by atoms with Crippen molar-refractivity contribution in [3.8, 4) is 0 Å². The van der Waals surface area contributed by atoms with Gasteiger partial charge in [0.05, 0.1) is 24.2 Å². The summed E-state index contributed by atoms with van der Waals surface area (Å²) >= 11 is 1.32. The van der Waals surface area contributed by atoms with E-state index in [1.54, 1.807) is 13.1 Å². The lowest BCUT2D eigenvalue weighted by atomic mass is 10.2. The summed E-state index contributed by atoms with van der Waals surface area (Å²) in [5.41, 5.74) is 1.70. The quantitative estimate of drug-likeness (QED) is 0.712. The van der Waals surface area contributed by atoms with Gasteiger partial charge in [0.1, 0.15) is 27.7 Å². The lowest BCUT2D eigenvalue weighted by Gasteiger charge is -2.07. The molecule has 0 unspecified atom stereocenters. The Balaban J connectivity index is 1.92. The fourth-order valence-corrected chi connectivity index (χ4v) is 3.42. The summed E-state index contributed by atoms with van der Waals surface area (Å²) in [6, 6.07) is 1.85. The highest BCUT2D eigenvalue weighted by molar-refractivity contribution is 7.20. The summed E-state index contributed by atoms with van der Waals surface area (Å²) in [7, 11) is 0. The third-order valence-corrected chi connectivity index (χ3v) is 4.64. The SMILES string of the molecule is CCOC(=O)c1sc2ncnc(NCc3ccnc(C)n3)c2c1C. The number of hydrogen-bond acceptors (Lipinski definition) is 8. The van der Waals surface area contributed by atoms with Crippen molar-refractivity contribution in [3.05, 3.63) is 40.5 Å². The first-order valence-corrected chi connectivity index (χ1v) is 8.35. The summed E-state index contributed by atoms with van der Waals surface area (Å²) in [5, 5.41) is 4.11. The Labute approximate surface area is 143 Å². The van der Waals surface area contributed by atoms with Crippen molar-refractivity contribution in [1.82, 2.24) is 19.9 Å². The molecular formula is C16H17N5O2S. The predicted molar refractivity (Wildman–Crippen MR) is 92.2 cm³/mol. The maximum atomic E-state index is 12.1. The first kappa shape index (κ1) is 16.3. The number of nitrogens with zero attached hydrogens (tertiary/aromatic N) is 4. The number of thiophene rings is 1. The summed E-state index contributed by atoms with van der Waals surface area (Å²) in [6.07, 6.45) is 3.21. The molecule has 0 amide bonds. The van der Waals surface area contributed by atoms with E-state index in [0.29, 0.717) is 23.8 Å². The maximum absolute atomic E-state index is 12.1. The van der Waals surface area contributed by atoms with Crippen molar-refractivity contribution < 1.29 is 9.53 Å². The molecule has 0 aliphatic carbocycles. The third-order valence-electron chi connectivity index (χ3n) is 3.46. The van der Waals surface area contributed by atoms with Crippen LogP contribution in [0, 0.1) is 13.8 Å². The average Bonchev–Trinajstić information content (AvgIpc) is 2.91. The first-order valence-electron chi connectivity index (χ1n) is 7.53. The molecule has 24 heavy (non-hydrogen) atoms. The number of fused-ring (bicyclic) bond motifs is 1. The maximum Gasteiger partial charge on any atom is 0.348 e. The minimum Gasteiger partial charge on any atom is -0.462 e. The van der Waals surface area contributed by atoms with Crippen LogP contribution in [-0.2, 0) is 11.3 Å². The van der Waals surface area contributed by atoms with Crippen LogP contribution in [0.15, 0.2) is 18.6 Å². The number of rotatable bonds is 5. The van der Waals surface area contributed by atoms with Gasteiger partial charge in [-0.3, -0.25) is 0 Å². The zero-order valence-electron chi connectivity index (χ0n) is 13.7. The van der Waals surface area contributed by atoms with Gasteiger partial charge in [-0.25, -0.2) is 24.7 Å². The standard InChI is InChI=1S/C16H17N5O2S/c1-4-23-16(22)13-9(2)12-14(19-8-20-15(12)24-13)18-7-11-5-6-17-10(3)21-11/h5-6,8H,4,7H2,1-3H3,(H,18,19,20). The van der Waals surface area contributed by atoms with Crippen molar-refractivity contribution >= 4 is 33.3 Å². The third kappa shape index (κ3) is 3.18. The van der Waals surface area contributed by atoms with Crippen LogP contribution in [0.5, 0.6) is 0 Å². The number of ether oxygens (including phenoxy) is 1. The van der Waals surface area contributed by atoms with E-state index in [4.69, 9.17) is 4.74 Å². The molecule has 0 saturated heterocycles. The van der Waals surface area contributed by atoms with Crippen LogP contribution in [0.3, 0.4) is 0 Å². The second kappa shape index (κ2) is 6.88. The Morgan fingerprint density at radius 3 is 2.88 bits per heavy atom. The van der Waals surface area contributed by atoms with E-state index in [0.717, 1.165) is 27.3 Å². The summed E-state index contributed by atoms with van der Waals surface area (Å²) < 4.78 is 5.11. The summed E-state index contributed by atoms with van der Waals surface area (Å²) in [5.74, 6) is 1.08. The van der Waals surface area contributed by atoms with Gasteiger partial charge in [0, 0.05) is 6.20 Å². The minimum atomic E-state index is -0.324. The molecule has 3 aromatic rings. The van der Waals surface area contributed by atoms with Gasteiger partial charge in [0.2, 0.25) is 0 Å². The van der Waals surface area contributed by atoms with Crippen LogP contribution in [0.25, 0.3) is 10.2 Å². The van der Waals surface area contributed by atoms with Gasteiger partial charge < -0.3 is 10.1 Å². The Hall–Kier alpha value is -2.61. The van der Waals surface area contributed by atoms with Gasteiger partial charge in [-0.05, 0) is 32.4 Å². The molecule has 3 rings (SSSR count). The molecule has 0 fully saturated rings. The first-order chi connectivity index (χ1) is 11.6. The van der Waals surface area contributed by atoms with Gasteiger partial charge in [-0.15, -0.1) is 11.3 Å². The fourth-order valence-electron chi connectivity index (χ4n) is 2.37. The Morgan fingerprint density at radius 1 is 1.29 bits per heavy atom. The lowest BCUT2D eigenvalue weighted by Crippen LogP contribution is -2.06. The van der Waals surface area contributed by atoms with Crippen LogP contribution in [-0.4, -0.2) is 32.5 Å². The number of aryl methyl sites for hydroxylation is 2. The zero-order valence-corrected chi connectivity index (χ0v) is 14.5. The van der Waals surface area contributed by atoms with Gasteiger partial charge in [0.25, 0.3) is 0 Å². The number of anilines is 1. The Morgan fingerprint density at radius 2 is 2.12 bits per heavy atom. The predicted octanol–water partition coefficient (Wildman–Crippen LogP) is 2.89. The van der Waals surface area contributed by atoms with E-state index in [1.807, 2.05) is 19.9 Å². The molecule has 8 heteroatoms. The van der Waals surface area contributed by atoms with Crippen LogP contribution in [0.1, 0.15) is 33.7 Å². The number of esters is 1. The molecule has 0 aromatic carbocycles. The molecule has 0 bridgehead atoms. The van der Waals surface area contributed by atoms with Crippen LogP contribution >= 0.6 is 11.3 Å². The fraction of sp³-hybridized carbons (Fsp3) is 0.312. The van der Waals surface area contributed by atoms with E-state index in [2.05, 4.69) is 25.3 Å². The van der Waals surface area contributed by atoms with E-state index in [-0.39, 0.29) is 5.97 Å². The van der Waals surface area contributed by atoms with Crippen molar-refractivity contribution in [2.24, 2.45) is 0 Å². The van der Waals surface area contributed by atoms with Crippen molar-refractivity contribution in [2.75, 3.05) is 11.9 Å². The second-order valence-electron chi connectivity index (χ2n) is 5.13.